The number of hydrogen-bond acceptors (Lipinski definition) is 3. The first-order valence-electron chi connectivity index (χ1n) is 8.83. The van der Waals surface area contributed by atoms with Crippen LogP contribution in [0, 0.1) is 0 Å². The summed E-state index contributed by atoms with van der Waals surface area (Å²) in [7, 11) is 3.88. The van der Waals surface area contributed by atoms with Gasteiger partial charge in [-0.05, 0) is 24.3 Å². The molecule has 0 aromatic heterocycles. The zero-order valence-electron chi connectivity index (χ0n) is 15.0. The number of methoxy groups -OCH3 is 1. The maximum Gasteiger partial charge on any atom is 0.338 e. The highest BCUT2D eigenvalue weighted by atomic mass is 16.5. The van der Waals surface area contributed by atoms with Crippen LogP contribution in [0.3, 0.4) is 0 Å². The SMILES string of the molecule is COc1ccc(C(=O)OCC(c2ccccc2)[N+]2(C)CCCC2)cc1. The van der Waals surface area contributed by atoms with Gasteiger partial charge >= 0.3 is 5.97 Å². The van der Waals surface area contributed by atoms with Crippen LogP contribution in [0.25, 0.3) is 0 Å². The number of esters is 1. The van der Waals surface area contributed by atoms with E-state index in [4.69, 9.17) is 9.47 Å². The highest BCUT2D eigenvalue weighted by Gasteiger charge is 2.37. The van der Waals surface area contributed by atoms with Crippen LogP contribution in [0.15, 0.2) is 54.6 Å². The number of rotatable bonds is 6. The molecule has 0 amide bonds. The predicted molar refractivity (Wildman–Crippen MR) is 97.6 cm³/mol. The highest BCUT2D eigenvalue weighted by Crippen LogP contribution is 2.32. The number of nitrogens with zero attached hydrogens (tertiary/aromatic N) is 1. The van der Waals surface area contributed by atoms with E-state index in [0.29, 0.717) is 12.2 Å². The summed E-state index contributed by atoms with van der Waals surface area (Å²) in [5.74, 6) is 0.447. The highest BCUT2D eigenvalue weighted by molar-refractivity contribution is 5.89. The van der Waals surface area contributed by atoms with Crippen molar-refractivity contribution in [2.75, 3.05) is 33.9 Å². The Bertz CT molecular complexity index is 691. The molecule has 0 bridgehead atoms. The molecule has 0 saturated carbocycles. The van der Waals surface area contributed by atoms with E-state index in [0.717, 1.165) is 23.3 Å². The number of quaternary nitrogens is 1. The number of carbonyl (C=O) groups is 1. The summed E-state index contributed by atoms with van der Waals surface area (Å²) < 4.78 is 11.8. The van der Waals surface area contributed by atoms with Crippen LogP contribution in [-0.4, -0.2) is 44.3 Å². The van der Waals surface area contributed by atoms with Crippen molar-refractivity contribution < 1.29 is 18.8 Å². The van der Waals surface area contributed by atoms with E-state index in [1.165, 1.54) is 18.4 Å². The zero-order chi connectivity index (χ0) is 17.7. The van der Waals surface area contributed by atoms with Crippen LogP contribution in [0.2, 0.25) is 0 Å². The summed E-state index contributed by atoms with van der Waals surface area (Å²) >= 11 is 0. The molecule has 0 N–H and O–H groups in total. The van der Waals surface area contributed by atoms with Gasteiger partial charge in [-0.2, -0.15) is 0 Å². The fourth-order valence-electron chi connectivity index (χ4n) is 3.65. The van der Waals surface area contributed by atoms with Gasteiger partial charge in [-0.15, -0.1) is 0 Å². The topological polar surface area (TPSA) is 35.5 Å². The van der Waals surface area contributed by atoms with Crippen LogP contribution in [-0.2, 0) is 4.74 Å². The summed E-state index contributed by atoms with van der Waals surface area (Å²) in [6.07, 6.45) is 2.46. The Morgan fingerprint density at radius 3 is 2.28 bits per heavy atom. The van der Waals surface area contributed by atoms with Crippen LogP contribution in [0.1, 0.15) is 34.8 Å². The summed E-state index contributed by atoms with van der Waals surface area (Å²) in [5.41, 5.74) is 1.78. The van der Waals surface area contributed by atoms with Crippen LogP contribution >= 0.6 is 0 Å². The Hall–Kier alpha value is -2.33. The molecule has 132 valence electrons. The van der Waals surface area contributed by atoms with Crippen LogP contribution in [0.4, 0.5) is 0 Å². The Morgan fingerprint density at radius 1 is 1.04 bits per heavy atom. The van der Waals surface area contributed by atoms with Crippen molar-refractivity contribution in [1.29, 1.82) is 0 Å². The van der Waals surface area contributed by atoms with Crippen molar-refractivity contribution in [2.45, 2.75) is 18.9 Å². The molecule has 2 aromatic carbocycles. The number of ether oxygens (including phenoxy) is 2. The molecule has 2 aromatic rings. The Kier molecular flexibility index (Phi) is 5.39. The van der Waals surface area contributed by atoms with Gasteiger partial charge in [-0.25, -0.2) is 4.79 Å². The van der Waals surface area contributed by atoms with Gasteiger partial charge in [-0.1, -0.05) is 30.3 Å². The van der Waals surface area contributed by atoms with Crippen LogP contribution in [0.5, 0.6) is 5.75 Å². The Morgan fingerprint density at radius 2 is 1.68 bits per heavy atom. The molecule has 0 spiro atoms. The summed E-state index contributed by atoms with van der Waals surface area (Å²) in [4.78, 5) is 12.4. The summed E-state index contributed by atoms with van der Waals surface area (Å²) in [5, 5.41) is 0. The molecule has 4 nitrogen and oxygen atoms in total. The molecular weight excluding hydrogens is 314 g/mol. The monoisotopic (exact) mass is 340 g/mol. The summed E-state index contributed by atoms with van der Waals surface area (Å²) in [6.45, 7) is 2.64. The zero-order valence-corrected chi connectivity index (χ0v) is 15.0. The second-order valence-electron chi connectivity index (χ2n) is 6.89. The predicted octanol–water partition coefficient (Wildman–Crippen LogP) is 3.83. The lowest BCUT2D eigenvalue weighted by Crippen LogP contribution is -2.46. The van der Waals surface area contributed by atoms with E-state index in [2.05, 4.69) is 31.3 Å². The molecule has 1 aliphatic rings. The van der Waals surface area contributed by atoms with Crippen molar-refractivity contribution in [3.05, 3.63) is 65.7 Å². The van der Waals surface area contributed by atoms with Crippen molar-refractivity contribution in [2.24, 2.45) is 0 Å². The molecule has 1 aliphatic heterocycles. The second-order valence-corrected chi connectivity index (χ2v) is 6.89. The quantitative estimate of drug-likeness (QED) is 0.592. The minimum atomic E-state index is -0.283. The van der Waals surface area contributed by atoms with Gasteiger partial charge in [0.1, 0.15) is 18.4 Å². The van der Waals surface area contributed by atoms with Gasteiger partial charge in [0.25, 0.3) is 0 Å². The lowest BCUT2D eigenvalue weighted by molar-refractivity contribution is -0.928. The van der Waals surface area contributed by atoms with Gasteiger partial charge < -0.3 is 14.0 Å². The standard InChI is InChI=1S/C21H26NO3/c1-22(14-6-7-15-22)20(17-8-4-3-5-9-17)16-25-21(23)18-10-12-19(24-2)13-11-18/h3-5,8-13,20H,6-7,14-16H2,1-2H3/q+1. The Balaban J connectivity index is 1.73. The molecule has 0 aliphatic carbocycles. The summed E-state index contributed by atoms with van der Waals surface area (Å²) in [6, 6.07) is 17.6. The fourth-order valence-corrected chi connectivity index (χ4v) is 3.65. The molecule has 1 saturated heterocycles. The minimum Gasteiger partial charge on any atom is -0.497 e. The third-order valence-corrected chi connectivity index (χ3v) is 5.22. The molecule has 25 heavy (non-hydrogen) atoms. The average Bonchev–Trinajstić information content (AvgIpc) is 3.10. The second kappa shape index (κ2) is 7.70. The Labute approximate surface area is 149 Å². The lowest BCUT2D eigenvalue weighted by Gasteiger charge is -2.37. The maximum atomic E-state index is 12.4. The molecule has 1 heterocycles. The smallest absolute Gasteiger partial charge is 0.338 e. The molecular formula is C21H26NO3+. The first-order valence-corrected chi connectivity index (χ1v) is 8.83. The molecule has 4 heteroatoms. The van der Waals surface area contributed by atoms with E-state index in [9.17, 15) is 4.79 Å². The molecule has 1 atom stereocenters. The molecule has 0 radical (unpaired) electrons. The largest absolute Gasteiger partial charge is 0.497 e. The van der Waals surface area contributed by atoms with Crippen molar-refractivity contribution in [3.8, 4) is 5.75 Å². The maximum absolute atomic E-state index is 12.4. The van der Waals surface area contributed by atoms with Crippen molar-refractivity contribution in [3.63, 3.8) is 0 Å². The third-order valence-electron chi connectivity index (χ3n) is 5.22. The molecule has 1 unspecified atom stereocenters. The van der Waals surface area contributed by atoms with E-state index >= 15 is 0 Å². The van der Waals surface area contributed by atoms with E-state index in [1.807, 2.05) is 6.07 Å². The van der Waals surface area contributed by atoms with E-state index in [1.54, 1.807) is 31.4 Å². The number of benzene rings is 2. The molecule has 1 fully saturated rings. The molecule has 3 rings (SSSR count). The fraction of sp³-hybridized carbons (Fsp3) is 0.381. The van der Waals surface area contributed by atoms with Gasteiger partial charge in [0.2, 0.25) is 0 Å². The third kappa shape index (κ3) is 4.02. The van der Waals surface area contributed by atoms with Crippen LogP contribution < -0.4 is 4.74 Å². The first kappa shape index (κ1) is 17.5. The van der Waals surface area contributed by atoms with E-state index < -0.39 is 0 Å². The number of carbonyl (C=O) groups excluding carboxylic acids is 1. The number of hydrogen-bond donors (Lipinski definition) is 0. The van der Waals surface area contributed by atoms with Gasteiger partial charge in [0.05, 0.1) is 32.8 Å². The van der Waals surface area contributed by atoms with Crippen molar-refractivity contribution >= 4 is 5.97 Å². The van der Waals surface area contributed by atoms with Crippen molar-refractivity contribution in [1.82, 2.24) is 0 Å². The lowest BCUT2D eigenvalue weighted by atomic mass is 10.0. The van der Waals surface area contributed by atoms with Gasteiger partial charge in [0.15, 0.2) is 0 Å². The van der Waals surface area contributed by atoms with Gasteiger partial charge in [-0.3, -0.25) is 0 Å². The normalized spacial score (nSPS) is 17.0. The number of likely N-dealkylation sites (tertiary alicyclic amines) is 1. The van der Waals surface area contributed by atoms with Gasteiger partial charge in [0, 0.05) is 18.4 Å². The average molecular weight is 340 g/mol. The minimum absolute atomic E-state index is 0.172. The number of likely N-dealkylation sites (N-methyl/N-ethyl adjacent to an activating group) is 1. The first-order chi connectivity index (χ1) is 12.1. The van der Waals surface area contributed by atoms with E-state index in [-0.39, 0.29) is 12.0 Å².